The van der Waals surface area contributed by atoms with Crippen LogP contribution in [0.25, 0.3) is 6.08 Å². The molecule has 0 radical (unpaired) electrons. The Morgan fingerprint density at radius 1 is 0.857 bits per heavy atom. The molecule has 7 rings (SSSR count). The van der Waals surface area contributed by atoms with Gasteiger partial charge in [-0.1, -0.05) is 69.6 Å². The third kappa shape index (κ3) is 1.60. The molecule has 0 N–H and O–H groups in total. The van der Waals surface area contributed by atoms with Gasteiger partial charge in [-0.3, -0.25) is 0 Å². The lowest BCUT2D eigenvalue weighted by Crippen LogP contribution is -2.70. The summed E-state index contributed by atoms with van der Waals surface area (Å²) >= 11 is 0. The minimum atomic E-state index is -1.45. The molecule has 150 valence electrons. The highest BCUT2D eigenvalue weighted by atomic mass is 29.6. The fourth-order valence-electron chi connectivity index (χ4n) is 10.5. The second kappa shape index (κ2) is 5.08. The lowest BCUT2D eigenvalue weighted by molar-refractivity contribution is -0.0178. The summed E-state index contributed by atoms with van der Waals surface area (Å²) < 4.78 is 0. The molecular weight excluding hydrogens is 385 g/mol. The number of benzene rings is 1. The summed E-state index contributed by atoms with van der Waals surface area (Å²) in [5.41, 5.74) is 5.19. The van der Waals surface area contributed by atoms with E-state index in [1.54, 1.807) is 43.2 Å². The molecular formula is C25H38Si3. The largest absolute Gasteiger partial charge is 0.0795 e. The molecule has 28 heavy (non-hydrogen) atoms. The maximum atomic E-state index is 2.91. The van der Waals surface area contributed by atoms with Crippen molar-refractivity contribution in [3.63, 3.8) is 0 Å². The van der Waals surface area contributed by atoms with E-state index < -0.39 is 22.3 Å². The number of fused-ring (bicyclic) bond motifs is 1. The van der Waals surface area contributed by atoms with E-state index in [4.69, 9.17) is 0 Å². The molecule has 5 fully saturated rings. The SMILES string of the molecule is C[Si]1(C)C23CC4CC(CC(C4)C2(c2cccc4c2C=CC4)[Si](C)(C)[Si]1(C)C)C3. The van der Waals surface area contributed by atoms with Gasteiger partial charge in [-0.05, 0) is 83.0 Å². The molecule has 1 aliphatic heterocycles. The van der Waals surface area contributed by atoms with Crippen LogP contribution in [0, 0.1) is 17.8 Å². The summed E-state index contributed by atoms with van der Waals surface area (Å²) in [6.45, 7) is 17.4. The Kier molecular flexibility index (Phi) is 3.34. The maximum absolute atomic E-state index is 2.91. The molecule has 1 saturated heterocycles. The second-order valence-corrected chi connectivity index (χ2v) is 40.8. The number of allylic oxidation sites excluding steroid dienone is 1. The Hall–Kier alpha value is -0.389. The molecule has 4 bridgehead atoms. The van der Waals surface area contributed by atoms with Crippen molar-refractivity contribution in [2.24, 2.45) is 17.8 Å². The van der Waals surface area contributed by atoms with E-state index in [9.17, 15) is 0 Å². The van der Waals surface area contributed by atoms with E-state index in [2.05, 4.69) is 69.6 Å². The van der Waals surface area contributed by atoms with E-state index in [0.29, 0.717) is 10.1 Å². The third-order valence-corrected chi connectivity index (χ3v) is 57.5. The average Bonchev–Trinajstić information content (AvgIpc) is 3.11. The van der Waals surface area contributed by atoms with Crippen LogP contribution in [0.1, 0.15) is 48.8 Å². The minimum Gasteiger partial charge on any atom is -0.0795 e. The highest BCUT2D eigenvalue weighted by Gasteiger charge is 2.85. The average molecular weight is 423 g/mol. The standard InChI is InChI=1S/C25H38Si3/c1-26(2)24-16-18-13-19(17-24)15-21(14-18)25(24,27(3,4)28(26,5)6)23-12-8-10-20-9-7-11-22(20)23/h7-8,10-12,18-19,21H,9,13-17H2,1-6H3. The summed E-state index contributed by atoms with van der Waals surface area (Å²) in [4.78, 5) is 0. The van der Waals surface area contributed by atoms with Crippen molar-refractivity contribution in [1.29, 1.82) is 0 Å². The van der Waals surface area contributed by atoms with Crippen LogP contribution >= 0.6 is 0 Å². The van der Waals surface area contributed by atoms with Crippen molar-refractivity contribution in [2.75, 3.05) is 0 Å². The quantitative estimate of drug-likeness (QED) is 0.431. The fourth-order valence-corrected chi connectivity index (χ4v) is 55.5. The minimum absolute atomic E-state index is 0.582. The molecule has 0 nitrogen and oxygen atoms in total. The van der Waals surface area contributed by atoms with Crippen molar-refractivity contribution in [3.05, 3.63) is 41.0 Å². The maximum Gasteiger partial charge on any atom is 0.0511 e. The molecule has 3 unspecified atom stereocenters. The molecule has 3 heteroatoms. The molecule has 5 aliphatic carbocycles. The van der Waals surface area contributed by atoms with Gasteiger partial charge in [0, 0.05) is 14.7 Å². The van der Waals surface area contributed by atoms with Crippen LogP contribution in [-0.2, 0) is 11.5 Å². The van der Waals surface area contributed by atoms with Gasteiger partial charge in [0.15, 0.2) is 0 Å². The van der Waals surface area contributed by atoms with Gasteiger partial charge in [0.05, 0.1) is 7.59 Å². The Labute approximate surface area is 174 Å². The van der Waals surface area contributed by atoms with Gasteiger partial charge in [-0.15, -0.1) is 0 Å². The van der Waals surface area contributed by atoms with Crippen molar-refractivity contribution in [1.82, 2.24) is 0 Å². The second-order valence-electron chi connectivity index (χ2n) is 12.8. The molecule has 1 aromatic carbocycles. The van der Waals surface area contributed by atoms with Crippen LogP contribution in [0.15, 0.2) is 24.3 Å². The zero-order chi connectivity index (χ0) is 19.7. The van der Waals surface area contributed by atoms with Crippen molar-refractivity contribution in [2.45, 2.75) is 87.9 Å². The van der Waals surface area contributed by atoms with Crippen LogP contribution in [0.3, 0.4) is 0 Å². The van der Waals surface area contributed by atoms with E-state index >= 15 is 0 Å². The lowest BCUT2D eigenvalue weighted by atomic mass is 9.49. The van der Waals surface area contributed by atoms with Gasteiger partial charge in [0.2, 0.25) is 0 Å². The number of hydrogen-bond acceptors (Lipinski definition) is 0. The zero-order valence-electron chi connectivity index (χ0n) is 18.9. The molecule has 1 aromatic rings. The Balaban J connectivity index is 1.75. The van der Waals surface area contributed by atoms with Gasteiger partial charge >= 0.3 is 0 Å². The molecule has 0 amide bonds. The van der Waals surface area contributed by atoms with E-state index in [1.807, 2.05) is 5.56 Å². The Morgan fingerprint density at radius 3 is 2.21 bits per heavy atom. The number of rotatable bonds is 1. The predicted molar refractivity (Wildman–Crippen MR) is 130 cm³/mol. The zero-order valence-corrected chi connectivity index (χ0v) is 21.9. The Morgan fingerprint density at radius 2 is 1.54 bits per heavy atom. The Bertz CT molecular complexity index is 894. The monoisotopic (exact) mass is 422 g/mol. The van der Waals surface area contributed by atoms with Gasteiger partial charge in [-0.2, -0.15) is 0 Å². The number of hydrogen-bond donors (Lipinski definition) is 0. The highest BCUT2D eigenvalue weighted by molar-refractivity contribution is 7.71. The van der Waals surface area contributed by atoms with Crippen LogP contribution in [-0.4, -0.2) is 22.3 Å². The molecule has 4 saturated carbocycles. The highest BCUT2D eigenvalue weighted by Crippen LogP contribution is 2.83. The summed E-state index contributed by atoms with van der Waals surface area (Å²) in [6, 6.07) is 7.51. The van der Waals surface area contributed by atoms with Gasteiger partial charge in [-0.25, -0.2) is 0 Å². The first-order valence-electron chi connectivity index (χ1n) is 11.9. The van der Waals surface area contributed by atoms with Crippen molar-refractivity contribution < 1.29 is 0 Å². The fraction of sp³-hybridized carbons (Fsp3) is 0.680. The van der Waals surface area contributed by atoms with Crippen molar-refractivity contribution >= 4 is 28.4 Å². The van der Waals surface area contributed by atoms with Gasteiger partial charge < -0.3 is 0 Å². The van der Waals surface area contributed by atoms with Crippen LogP contribution in [0.2, 0.25) is 44.3 Å². The third-order valence-electron chi connectivity index (χ3n) is 12.1. The molecule has 6 aliphatic rings. The molecule has 3 atom stereocenters. The van der Waals surface area contributed by atoms with E-state index in [1.165, 1.54) is 6.42 Å². The van der Waals surface area contributed by atoms with Crippen LogP contribution < -0.4 is 0 Å². The molecule has 1 heterocycles. The first-order chi connectivity index (χ1) is 13.1. The molecule has 0 aromatic heterocycles. The topological polar surface area (TPSA) is 0 Å². The van der Waals surface area contributed by atoms with E-state index in [-0.39, 0.29) is 0 Å². The van der Waals surface area contributed by atoms with Gasteiger partial charge in [0.25, 0.3) is 0 Å². The first-order valence-corrected chi connectivity index (χ1v) is 22.9. The summed E-state index contributed by atoms with van der Waals surface area (Å²) in [6.07, 6.45) is 14.1. The van der Waals surface area contributed by atoms with Crippen LogP contribution in [0.4, 0.5) is 0 Å². The smallest absolute Gasteiger partial charge is 0.0511 e. The summed E-state index contributed by atoms with van der Waals surface area (Å²) in [7, 11) is -4.04. The normalized spacial score (nSPS) is 45.3. The van der Waals surface area contributed by atoms with Crippen LogP contribution in [0.5, 0.6) is 0 Å². The summed E-state index contributed by atoms with van der Waals surface area (Å²) in [5.74, 6) is 3.14. The van der Waals surface area contributed by atoms with E-state index in [0.717, 1.165) is 17.8 Å². The first kappa shape index (κ1) is 18.4. The lowest BCUT2D eigenvalue weighted by Gasteiger charge is -2.71. The van der Waals surface area contributed by atoms with Gasteiger partial charge in [0.1, 0.15) is 0 Å². The predicted octanol–water partition coefficient (Wildman–Crippen LogP) is 6.91. The van der Waals surface area contributed by atoms with Crippen molar-refractivity contribution in [3.8, 4) is 0 Å². The molecule has 1 spiro atoms. The summed E-state index contributed by atoms with van der Waals surface area (Å²) in [5, 5.41) is 1.30.